The molecule has 6 nitrogen and oxygen atoms in total. The summed E-state index contributed by atoms with van der Waals surface area (Å²) < 4.78 is 5.88. The second-order valence-corrected chi connectivity index (χ2v) is 6.10. The Hall–Kier alpha value is -2.51. The fourth-order valence-corrected chi connectivity index (χ4v) is 1.74. The number of carbonyl (C=O) groups excluding carboxylic acids is 1. The predicted molar refractivity (Wildman–Crippen MR) is 86.9 cm³/mol. The highest BCUT2D eigenvalue weighted by Crippen LogP contribution is 2.26. The molecule has 1 aromatic rings. The molecule has 22 heavy (non-hydrogen) atoms. The minimum Gasteiger partial charge on any atom is -0.444 e. The molecule has 1 amide bonds. The topological polar surface area (TPSA) is 97.9 Å². The van der Waals surface area contributed by atoms with Crippen LogP contribution >= 0.6 is 15.9 Å². The number of anilines is 2. The summed E-state index contributed by atoms with van der Waals surface area (Å²) in [6, 6.07) is 8.56. The number of nitriles is 2. The lowest BCUT2D eigenvalue weighted by molar-refractivity contribution is 0.0636. The number of hydrogen-bond acceptors (Lipinski definition) is 5. The first-order chi connectivity index (χ1) is 10.2. The molecule has 0 saturated carbocycles. The summed E-state index contributed by atoms with van der Waals surface area (Å²) in [5.41, 5.74) is 0.468. The number of benzene rings is 1. The van der Waals surface area contributed by atoms with Gasteiger partial charge in [0.25, 0.3) is 0 Å². The van der Waals surface area contributed by atoms with Gasteiger partial charge in [-0.15, -0.1) is 0 Å². The van der Waals surface area contributed by atoms with Gasteiger partial charge in [0.2, 0.25) is 0 Å². The first kappa shape index (κ1) is 17.5. The largest absolute Gasteiger partial charge is 0.444 e. The van der Waals surface area contributed by atoms with Crippen LogP contribution in [0.3, 0.4) is 0 Å². The Kier molecular flexibility index (Phi) is 5.97. The lowest BCUT2D eigenvalue weighted by atomic mass is 10.2. The molecular weight excluding hydrogens is 348 g/mol. The number of allylic oxidation sites excluding steroid dienone is 1. The van der Waals surface area contributed by atoms with E-state index in [2.05, 4.69) is 26.6 Å². The Morgan fingerprint density at radius 1 is 1.32 bits per heavy atom. The summed E-state index contributed by atoms with van der Waals surface area (Å²) in [6.45, 7) is 5.33. The summed E-state index contributed by atoms with van der Waals surface area (Å²) in [4.78, 5) is 11.7. The first-order valence-corrected chi connectivity index (χ1v) is 7.11. The number of ether oxygens (including phenoxy) is 1. The van der Waals surface area contributed by atoms with Gasteiger partial charge in [-0.05, 0) is 54.9 Å². The molecule has 7 heteroatoms. The number of hydrogen-bond donors (Lipinski definition) is 2. The molecule has 0 heterocycles. The Morgan fingerprint density at radius 2 is 1.95 bits per heavy atom. The van der Waals surface area contributed by atoms with Crippen LogP contribution in [0.5, 0.6) is 0 Å². The van der Waals surface area contributed by atoms with Crippen molar-refractivity contribution < 1.29 is 9.53 Å². The molecule has 0 aromatic heterocycles. The van der Waals surface area contributed by atoms with Crippen LogP contribution in [0.4, 0.5) is 16.2 Å². The van der Waals surface area contributed by atoms with E-state index in [4.69, 9.17) is 15.3 Å². The van der Waals surface area contributed by atoms with Crippen molar-refractivity contribution in [3.63, 3.8) is 0 Å². The summed E-state index contributed by atoms with van der Waals surface area (Å²) in [6.07, 6.45) is 0.725. The highest BCUT2D eigenvalue weighted by atomic mass is 79.9. The van der Waals surface area contributed by atoms with Gasteiger partial charge in [-0.1, -0.05) is 0 Å². The molecule has 1 rings (SSSR count). The molecule has 0 bridgehead atoms. The molecule has 0 aliphatic rings. The van der Waals surface area contributed by atoms with E-state index in [-0.39, 0.29) is 5.57 Å². The third kappa shape index (κ3) is 5.86. The quantitative estimate of drug-likeness (QED) is 0.787. The van der Waals surface area contributed by atoms with Crippen molar-refractivity contribution >= 4 is 33.4 Å². The molecule has 0 saturated heterocycles. The lowest BCUT2D eigenvalue weighted by Crippen LogP contribution is -2.27. The van der Waals surface area contributed by atoms with E-state index in [1.807, 2.05) is 0 Å². The van der Waals surface area contributed by atoms with Crippen LogP contribution < -0.4 is 10.6 Å². The standard InChI is InChI=1S/C15H15BrN4O2/c1-15(2,3)22-14(21)20-11-4-5-12(16)13(6-11)19-9-10(7-17)8-18/h4-6,9,19H,1-3H3,(H,20,21). The molecule has 0 unspecified atom stereocenters. The second kappa shape index (κ2) is 7.48. The van der Waals surface area contributed by atoms with E-state index in [0.29, 0.717) is 15.8 Å². The zero-order valence-electron chi connectivity index (χ0n) is 12.4. The van der Waals surface area contributed by atoms with Crippen LogP contribution in [0.25, 0.3) is 0 Å². The maximum atomic E-state index is 11.7. The van der Waals surface area contributed by atoms with Gasteiger partial charge in [0, 0.05) is 16.4 Å². The molecule has 0 aliphatic heterocycles. The molecule has 114 valence electrons. The number of nitrogens with zero attached hydrogens (tertiary/aromatic N) is 2. The minimum absolute atomic E-state index is 0.0580. The summed E-state index contributed by atoms with van der Waals surface area (Å²) in [5.74, 6) is 0. The van der Waals surface area contributed by atoms with Gasteiger partial charge in [0.15, 0.2) is 0 Å². The van der Waals surface area contributed by atoms with Crippen LogP contribution in [0.15, 0.2) is 34.4 Å². The van der Waals surface area contributed by atoms with Gasteiger partial charge in [-0.3, -0.25) is 5.32 Å². The van der Waals surface area contributed by atoms with Crippen LogP contribution in [0.2, 0.25) is 0 Å². The number of rotatable bonds is 3. The van der Waals surface area contributed by atoms with Gasteiger partial charge < -0.3 is 10.1 Å². The van der Waals surface area contributed by atoms with Gasteiger partial charge in [-0.25, -0.2) is 4.79 Å². The molecular formula is C15H15BrN4O2. The molecule has 0 fully saturated rings. The third-order valence-electron chi connectivity index (χ3n) is 2.22. The normalized spacial score (nSPS) is 9.91. The van der Waals surface area contributed by atoms with Crippen molar-refractivity contribution in [2.24, 2.45) is 0 Å². The maximum absolute atomic E-state index is 11.7. The number of halogens is 1. The molecule has 1 aromatic carbocycles. The van der Waals surface area contributed by atoms with E-state index in [1.165, 1.54) is 6.20 Å². The summed E-state index contributed by atoms with van der Waals surface area (Å²) >= 11 is 3.34. The number of carbonyl (C=O) groups is 1. The van der Waals surface area contributed by atoms with Crippen LogP contribution in [0.1, 0.15) is 20.8 Å². The fourth-order valence-electron chi connectivity index (χ4n) is 1.37. The van der Waals surface area contributed by atoms with Crippen LogP contribution in [0, 0.1) is 22.7 Å². The fraction of sp³-hybridized carbons (Fsp3) is 0.267. The Bertz CT molecular complexity index is 662. The summed E-state index contributed by atoms with van der Waals surface area (Å²) in [7, 11) is 0. The van der Waals surface area contributed by atoms with Crippen molar-refractivity contribution in [2.75, 3.05) is 10.6 Å². The zero-order valence-corrected chi connectivity index (χ0v) is 14.0. The van der Waals surface area contributed by atoms with Crippen LogP contribution in [-0.2, 0) is 4.74 Å². The second-order valence-electron chi connectivity index (χ2n) is 5.25. The first-order valence-electron chi connectivity index (χ1n) is 6.31. The predicted octanol–water partition coefficient (Wildman–Crippen LogP) is 4.14. The van der Waals surface area contributed by atoms with E-state index in [0.717, 1.165) is 0 Å². The SMILES string of the molecule is CC(C)(C)OC(=O)Nc1ccc(Br)c(NC=C(C#N)C#N)c1. The molecule has 0 spiro atoms. The van der Waals surface area contributed by atoms with Crippen molar-refractivity contribution in [3.05, 3.63) is 34.4 Å². The summed E-state index contributed by atoms with van der Waals surface area (Å²) in [5, 5.41) is 22.8. The monoisotopic (exact) mass is 362 g/mol. The highest BCUT2D eigenvalue weighted by molar-refractivity contribution is 9.10. The van der Waals surface area contributed by atoms with Crippen LogP contribution in [-0.4, -0.2) is 11.7 Å². The Labute approximate surface area is 137 Å². The van der Waals surface area contributed by atoms with E-state index in [9.17, 15) is 4.79 Å². The number of nitrogens with one attached hydrogen (secondary N) is 2. The van der Waals surface area contributed by atoms with Crippen molar-refractivity contribution in [1.82, 2.24) is 0 Å². The van der Waals surface area contributed by atoms with Crippen molar-refractivity contribution in [1.29, 1.82) is 10.5 Å². The van der Waals surface area contributed by atoms with Gasteiger partial charge in [-0.2, -0.15) is 10.5 Å². The smallest absolute Gasteiger partial charge is 0.412 e. The highest BCUT2D eigenvalue weighted by Gasteiger charge is 2.16. The molecule has 0 aliphatic carbocycles. The Morgan fingerprint density at radius 3 is 2.50 bits per heavy atom. The van der Waals surface area contributed by atoms with E-state index < -0.39 is 11.7 Å². The number of amides is 1. The van der Waals surface area contributed by atoms with E-state index >= 15 is 0 Å². The Balaban J connectivity index is 2.87. The zero-order chi connectivity index (χ0) is 16.8. The van der Waals surface area contributed by atoms with Gasteiger partial charge in [0.05, 0.1) is 5.69 Å². The lowest BCUT2D eigenvalue weighted by Gasteiger charge is -2.20. The molecule has 0 atom stereocenters. The minimum atomic E-state index is -0.586. The van der Waals surface area contributed by atoms with Gasteiger partial charge in [0.1, 0.15) is 23.3 Å². The molecule has 2 N–H and O–H groups in total. The molecule has 0 radical (unpaired) electrons. The van der Waals surface area contributed by atoms with Crippen molar-refractivity contribution in [3.8, 4) is 12.1 Å². The average molecular weight is 363 g/mol. The van der Waals surface area contributed by atoms with Gasteiger partial charge >= 0.3 is 6.09 Å². The van der Waals surface area contributed by atoms with Crippen molar-refractivity contribution in [2.45, 2.75) is 26.4 Å². The van der Waals surface area contributed by atoms with E-state index in [1.54, 1.807) is 51.1 Å². The maximum Gasteiger partial charge on any atom is 0.412 e. The third-order valence-corrected chi connectivity index (χ3v) is 2.92. The average Bonchev–Trinajstić information content (AvgIpc) is 2.41.